The molecule has 0 radical (unpaired) electrons. The normalized spacial score (nSPS) is 23.5. The van der Waals surface area contributed by atoms with Crippen LogP contribution in [0, 0.1) is 5.92 Å². The molecule has 0 spiro atoms. The maximum absolute atomic E-state index is 6.06. The van der Waals surface area contributed by atoms with E-state index in [0.29, 0.717) is 16.0 Å². The van der Waals surface area contributed by atoms with Crippen molar-refractivity contribution in [2.45, 2.75) is 25.9 Å². The van der Waals surface area contributed by atoms with E-state index in [1.54, 1.807) is 0 Å². The number of benzene rings is 1. The Morgan fingerprint density at radius 2 is 2.17 bits per heavy atom. The lowest BCUT2D eigenvalue weighted by molar-refractivity contribution is 0.0906. The molecule has 1 aliphatic heterocycles. The molecule has 0 aromatic heterocycles. The van der Waals surface area contributed by atoms with Crippen molar-refractivity contribution in [1.29, 1.82) is 0 Å². The summed E-state index contributed by atoms with van der Waals surface area (Å²) < 4.78 is 5.84. The Hall–Kier alpha value is -0.280. The zero-order chi connectivity index (χ0) is 13.0. The number of hydrogen-bond acceptors (Lipinski definition) is 2. The second-order valence-corrected chi connectivity index (χ2v) is 5.53. The first kappa shape index (κ1) is 14.1. The van der Waals surface area contributed by atoms with E-state index in [-0.39, 0.29) is 6.10 Å². The van der Waals surface area contributed by atoms with Gasteiger partial charge in [-0.05, 0) is 37.1 Å². The van der Waals surface area contributed by atoms with Crippen LogP contribution in [-0.2, 0) is 4.74 Å². The largest absolute Gasteiger partial charge is 0.373 e. The van der Waals surface area contributed by atoms with Gasteiger partial charge in [0.2, 0.25) is 0 Å². The highest BCUT2D eigenvalue weighted by Crippen LogP contribution is 2.36. The van der Waals surface area contributed by atoms with Crippen molar-refractivity contribution in [2.24, 2.45) is 5.92 Å². The van der Waals surface area contributed by atoms with E-state index < -0.39 is 0 Å². The van der Waals surface area contributed by atoms with Gasteiger partial charge in [-0.2, -0.15) is 0 Å². The van der Waals surface area contributed by atoms with Crippen molar-refractivity contribution in [2.75, 3.05) is 19.7 Å². The predicted molar refractivity (Wildman–Crippen MR) is 76.4 cm³/mol. The van der Waals surface area contributed by atoms with Gasteiger partial charge in [-0.25, -0.2) is 0 Å². The van der Waals surface area contributed by atoms with Crippen LogP contribution in [0.15, 0.2) is 18.2 Å². The van der Waals surface area contributed by atoms with Gasteiger partial charge in [0.05, 0.1) is 16.1 Å². The summed E-state index contributed by atoms with van der Waals surface area (Å²) in [6, 6.07) is 5.78. The van der Waals surface area contributed by atoms with Crippen LogP contribution in [0.4, 0.5) is 0 Å². The average molecular weight is 288 g/mol. The van der Waals surface area contributed by atoms with E-state index >= 15 is 0 Å². The molecule has 2 rings (SSSR count). The van der Waals surface area contributed by atoms with Gasteiger partial charge in [-0.3, -0.25) is 0 Å². The van der Waals surface area contributed by atoms with Gasteiger partial charge in [0.25, 0.3) is 0 Å². The van der Waals surface area contributed by atoms with Gasteiger partial charge in [0.15, 0.2) is 0 Å². The summed E-state index contributed by atoms with van der Waals surface area (Å²) in [5.74, 6) is 0.522. The maximum atomic E-state index is 6.06. The Kier molecular flexibility index (Phi) is 5.31. The summed E-state index contributed by atoms with van der Waals surface area (Å²) in [5.41, 5.74) is 1.13. The van der Waals surface area contributed by atoms with Crippen LogP contribution in [0.2, 0.25) is 10.0 Å². The van der Waals surface area contributed by atoms with Crippen LogP contribution in [0.5, 0.6) is 0 Å². The lowest BCUT2D eigenvalue weighted by atomic mass is 9.95. The van der Waals surface area contributed by atoms with Crippen LogP contribution in [-0.4, -0.2) is 19.7 Å². The quantitative estimate of drug-likeness (QED) is 0.825. The molecular formula is C14H19Cl2NO. The zero-order valence-corrected chi connectivity index (χ0v) is 12.1. The van der Waals surface area contributed by atoms with E-state index in [1.165, 1.54) is 0 Å². The van der Waals surface area contributed by atoms with Crippen LogP contribution in [0.3, 0.4) is 0 Å². The minimum absolute atomic E-state index is 0.143. The van der Waals surface area contributed by atoms with Crippen LogP contribution in [0.25, 0.3) is 0 Å². The standard InChI is InChI=1S/C14H19Cl2NO/c1-2-6-17-9-11-5-7-18-14(11)10-3-4-12(15)13(16)8-10/h3-4,8,11,14,17H,2,5-7,9H2,1H3. The fourth-order valence-corrected chi connectivity index (χ4v) is 2.67. The van der Waals surface area contributed by atoms with Crippen molar-refractivity contribution in [3.8, 4) is 0 Å². The molecule has 1 aliphatic rings. The predicted octanol–water partition coefficient (Wildman–Crippen LogP) is 4.07. The molecule has 0 amide bonds. The molecule has 18 heavy (non-hydrogen) atoms. The fraction of sp³-hybridized carbons (Fsp3) is 0.571. The van der Waals surface area contributed by atoms with E-state index in [4.69, 9.17) is 27.9 Å². The summed E-state index contributed by atoms with van der Waals surface area (Å²) in [6.07, 6.45) is 2.40. The van der Waals surface area contributed by atoms with Crippen molar-refractivity contribution in [1.82, 2.24) is 5.32 Å². The van der Waals surface area contributed by atoms with Gasteiger partial charge >= 0.3 is 0 Å². The average Bonchev–Trinajstić information content (AvgIpc) is 2.81. The molecule has 0 aliphatic carbocycles. The second kappa shape index (κ2) is 6.76. The van der Waals surface area contributed by atoms with Gasteiger partial charge in [0.1, 0.15) is 0 Å². The highest BCUT2D eigenvalue weighted by atomic mass is 35.5. The Labute approximate surface area is 119 Å². The first-order chi connectivity index (χ1) is 8.72. The number of hydrogen-bond donors (Lipinski definition) is 1. The molecule has 100 valence electrons. The molecule has 1 heterocycles. The van der Waals surface area contributed by atoms with Gasteiger partial charge < -0.3 is 10.1 Å². The molecule has 1 fully saturated rings. The van der Waals surface area contributed by atoms with E-state index in [1.807, 2.05) is 18.2 Å². The highest BCUT2D eigenvalue weighted by molar-refractivity contribution is 6.42. The Balaban J connectivity index is 2.03. The Bertz CT molecular complexity index is 397. The summed E-state index contributed by atoms with van der Waals surface area (Å²) in [4.78, 5) is 0. The summed E-state index contributed by atoms with van der Waals surface area (Å²) in [5, 5.41) is 4.66. The molecule has 1 aromatic rings. The molecular weight excluding hydrogens is 269 g/mol. The second-order valence-electron chi connectivity index (χ2n) is 4.72. The molecule has 1 aromatic carbocycles. The molecule has 0 bridgehead atoms. The SMILES string of the molecule is CCCNCC1CCOC1c1ccc(Cl)c(Cl)c1. The first-order valence-corrected chi connectivity index (χ1v) is 7.25. The Morgan fingerprint density at radius 1 is 1.33 bits per heavy atom. The van der Waals surface area contributed by atoms with E-state index in [2.05, 4.69) is 12.2 Å². The van der Waals surface area contributed by atoms with Crippen molar-refractivity contribution in [3.63, 3.8) is 0 Å². The molecule has 4 heteroatoms. The number of ether oxygens (including phenoxy) is 1. The maximum Gasteiger partial charge on any atom is 0.0866 e. The smallest absolute Gasteiger partial charge is 0.0866 e. The number of nitrogens with one attached hydrogen (secondary N) is 1. The zero-order valence-electron chi connectivity index (χ0n) is 10.6. The van der Waals surface area contributed by atoms with Gasteiger partial charge in [0, 0.05) is 19.1 Å². The van der Waals surface area contributed by atoms with Crippen molar-refractivity contribution in [3.05, 3.63) is 33.8 Å². The van der Waals surface area contributed by atoms with E-state index in [9.17, 15) is 0 Å². The van der Waals surface area contributed by atoms with Crippen LogP contribution in [0.1, 0.15) is 31.4 Å². The van der Waals surface area contributed by atoms with Gasteiger partial charge in [-0.1, -0.05) is 36.2 Å². The molecule has 2 atom stereocenters. The number of rotatable bonds is 5. The third-order valence-corrected chi connectivity index (χ3v) is 4.06. The lowest BCUT2D eigenvalue weighted by Gasteiger charge is -2.19. The Morgan fingerprint density at radius 3 is 2.89 bits per heavy atom. The topological polar surface area (TPSA) is 21.3 Å². The van der Waals surface area contributed by atoms with Crippen LogP contribution >= 0.6 is 23.2 Å². The molecule has 2 unspecified atom stereocenters. The first-order valence-electron chi connectivity index (χ1n) is 6.49. The summed E-state index contributed by atoms with van der Waals surface area (Å²) in [6.45, 7) is 5.06. The van der Waals surface area contributed by atoms with E-state index in [0.717, 1.165) is 38.1 Å². The minimum Gasteiger partial charge on any atom is -0.373 e. The molecule has 0 saturated carbocycles. The summed E-state index contributed by atoms with van der Waals surface area (Å²) >= 11 is 12.0. The molecule has 2 nitrogen and oxygen atoms in total. The van der Waals surface area contributed by atoms with Crippen molar-refractivity contribution >= 4 is 23.2 Å². The fourth-order valence-electron chi connectivity index (χ4n) is 2.36. The van der Waals surface area contributed by atoms with Gasteiger partial charge in [-0.15, -0.1) is 0 Å². The monoisotopic (exact) mass is 287 g/mol. The van der Waals surface area contributed by atoms with Crippen LogP contribution < -0.4 is 5.32 Å². The summed E-state index contributed by atoms with van der Waals surface area (Å²) in [7, 11) is 0. The van der Waals surface area contributed by atoms with Crippen molar-refractivity contribution < 1.29 is 4.74 Å². The lowest BCUT2D eigenvalue weighted by Crippen LogP contribution is -2.25. The third kappa shape index (κ3) is 3.39. The molecule has 1 N–H and O–H groups in total. The highest BCUT2D eigenvalue weighted by Gasteiger charge is 2.29. The third-order valence-electron chi connectivity index (χ3n) is 3.32. The number of halogens is 2. The molecule has 1 saturated heterocycles. The minimum atomic E-state index is 0.143.